The number of fused-ring (bicyclic) bond motifs is 1. The fourth-order valence-electron chi connectivity index (χ4n) is 4.36. The lowest BCUT2D eigenvalue weighted by molar-refractivity contribution is -0.126. The Morgan fingerprint density at radius 1 is 1.10 bits per heavy atom. The Labute approximate surface area is 181 Å². The van der Waals surface area contributed by atoms with Gasteiger partial charge in [-0.2, -0.15) is 0 Å². The van der Waals surface area contributed by atoms with Crippen LogP contribution < -0.4 is 24.6 Å². The van der Waals surface area contributed by atoms with E-state index in [9.17, 15) is 9.59 Å². The number of hydrogen-bond acceptors (Lipinski definition) is 6. The summed E-state index contributed by atoms with van der Waals surface area (Å²) in [6, 6.07) is 9.41. The van der Waals surface area contributed by atoms with Crippen molar-refractivity contribution in [1.29, 1.82) is 0 Å². The monoisotopic (exact) mass is 422 g/mol. The van der Waals surface area contributed by atoms with Crippen LogP contribution in [0, 0.1) is 5.92 Å². The maximum atomic E-state index is 12.8. The zero-order valence-electron chi connectivity index (χ0n) is 17.4. The maximum absolute atomic E-state index is 12.8. The highest BCUT2D eigenvalue weighted by atomic mass is 16.6. The van der Waals surface area contributed by atoms with E-state index in [0.717, 1.165) is 30.2 Å². The Morgan fingerprint density at radius 2 is 1.90 bits per heavy atom. The second-order valence-corrected chi connectivity index (χ2v) is 8.17. The van der Waals surface area contributed by atoms with E-state index in [-0.39, 0.29) is 24.2 Å². The average Bonchev–Trinajstić information content (AvgIpc) is 3.47. The van der Waals surface area contributed by atoms with Gasteiger partial charge >= 0.3 is 0 Å². The minimum atomic E-state index is -0.374. The molecule has 1 aromatic carbocycles. The Hall–Kier alpha value is -3.29. The first-order valence-electron chi connectivity index (χ1n) is 10.8. The van der Waals surface area contributed by atoms with Crippen LogP contribution in [0.3, 0.4) is 0 Å². The lowest BCUT2D eigenvalue weighted by atomic mass is 10.1. The van der Waals surface area contributed by atoms with Crippen LogP contribution in [0.4, 0.5) is 11.5 Å². The molecule has 8 nitrogen and oxygen atoms in total. The fraction of sp³-hybridized carbons (Fsp3) is 0.435. The van der Waals surface area contributed by atoms with Crippen molar-refractivity contribution < 1.29 is 19.1 Å². The van der Waals surface area contributed by atoms with Crippen molar-refractivity contribution in [3.05, 3.63) is 42.1 Å². The Kier molecular flexibility index (Phi) is 5.36. The Bertz CT molecular complexity index is 989. The molecule has 0 bridgehead atoms. The fourth-order valence-corrected chi connectivity index (χ4v) is 4.36. The van der Waals surface area contributed by atoms with Gasteiger partial charge in [-0.1, -0.05) is 0 Å². The first kappa shape index (κ1) is 19.7. The van der Waals surface area contributed by atoms with E-state index in [1.165, 1.54) is 12.8 Å². The number of pyridine rings is 1. The first-order chi connectivity index (χ1) is 15.2. The molecule has 3 aliphatic rings. The number of rotatable bonds is 5. The van der Waals surface area contributed by atoms with Crippen LogP contribution in [-0.2, 0) is 16.1 Å². The molecule has 162 valence electrons. The minimum absolute atomic E-state index is 0.0583. The van der Waals surface area contributed by atoms with Crippen molar-refractivity contribution >= 4 is 23.3 Å². The average molecular weight is 422 g/mol. The van der Waals surface area contributed by atoms with E-state index in [2.05, 4.69) is 15.2 Å². The van der Waals surface area contributed by atoms with Crippen LogP contribution in [0.2, 0.25) is 0 Å². The molecule has 0 saturated carbocycles. The standard InChI is InChI=1S/C23H26N4O4/c28-22-12-17(15-27(22)18-3-4-19-20(13-18)31-10-9-30-19)23(29)25-14-16-5-6-24-21(11-16)26-7-1-2-8-26/h3-6,11,13,17H,1-2,7-10,12,14-15H2,(H,25,29). The van der Waals surface area contributed by atoms with Crippen LogP contribution in [0.15, 0.2) is 36.5 Å². The van der Waals surface area contributed by atoms with Gasteiger partial charge in [0.2, 0.25) is 11.8 Å². The highest BCUT2D eigenvalue weighted by molar-refractivity contribution is 6.00. The van der Waals surface area contributed by atoms with Gasteiger partial charge < -0.3 is 24.6 Å². The Morgan fingerprint density at radius 3 is 2.74 bits per heavy atom. The third-order valence-corrected chi connectivity index (χ3v) is 6.04. The lowest BCUT2D eigenvalue weighted by Crippen LogP contribution is -2.32. The molecule has 1 unspecified atom stereocenters. The third-order valence-electron chi connectivity index (χ3n) is 6.04. The van der Waals surface area contributed by atoms with Crippen LogP contribution in [0.25, 0.3) is 0 Å². The molecule has 1 N–H and O–H groups in total. The summed E-state index contributed by atoms with van der Waals surface area (Å²) < 4.78 is 11.2. The highest BCUT2D eigenvalue weighted by Crippen LogP contribution is 2.36. The van der Waals surface area contributed by atoms with Gasteiger partial charge in [0.15, 0.2) is 11.5 Å². The van der Waals surface area contributed by atoms with Crippen LogP contribution in [0.1, 0.15) is 24.8 Å². The molecule has 1 aromatic heterocycles. The smallest absolute Gasteiger partial charge is 0.227 e. The number of ether oxygens (including phenoxy) is 2. The van der Waals surface area contributed by atoms with Crippen molar-refractivity contribution in [1.82, 2.24) is 10.3 Å². The van der Waals surface area contributed by atoms with E-state index < -0.39 is 0 Å². The van der Waals surface area contributed by atoms with Crippen molar-refractivity contribution in [3.63, 3.8) is 0 Å². The molecule has 0 spiro atoms. The summed E-state index contributed by atoms with van der Waals surface area (Å²) in [6.45, 7) is 3.86. The summed E-state index contributed by atoms with van der Waals surface area (Å²) in [5.41, 5.74) is 1.74. The maximum Gasteiger partial charge on any atom is 0.227 e. The number of nitrogens with zero attached hydrogens (tertiary/aromatic N) is 3. The summed E-state index contributed by atoms with van der Waals surface area (Å²) in [7, 11) is 0. The van der Waals surface area contributed by atoms with Gasteiger partial charge in [0.1, 0.15) is 19.0 Å². The second kappa shape index (κ2) is 8.45. The van der Waals surface area contributed by atoms with Gasteiger partial charge in [0, 0.05) is 50.6 Å². The molecule has 2 amide bonds. The molecule has 8 heteroatoms. The molecular formula is C23H26N4O4. The number of carbonyl (C=O) groups is 2. The molecule has 0 radical (unpaired) electrons. The van der Waals surface area contributed by atoms with Crippen molar-refractivity contribution in [2.24, 2.45) is 5.92 Å². The Balaban J connectivity index is 1.20. The lowest BCUT2D eigenvalue weighted by Gasteiger charge is -2.22. The highest BCUT2D eigenvalue weighted by Gasteiger charge is 2.35. The van der Waals surface area contributed by atoms with Gasteiger partial charge in [-0.3, -0.25) is 9.59 Å². The van der Waals surface area contributed by atoms with Crippen LogP contribution in [-0.4, -0.2) is 49.6 Å². The second-order valence-electron chi connectivity index (χ2n) is 8.17. The molecule has 4 heterocycles. The first-order valence-corrected chi connectivity index (χ1v) is 10.8. The minimum Gasteiger partial charge on any atom is -0.486 e. The molecule has 2 fully saturated rings. The summed E-state index contributed by atoms with van der Waals surface area (Å²) >= 11 is 0. The van der Waals surface area contributed by atoms with Crippen LogP contribution in [0.5, 0.6) is 11.5 Å². The van der Waals surface area contributed by atoms with Crippen molar-refractivity contribution in [3.8, 4) is 11.5 Å². The quantitative estimate of drug-likeness (QED) is 0.795. The van der Waals surface area contributed by atoms with E-state index in [4.69, 9.17) is 9.47 Å². The molecule has 1 atom stereocenters. The van der Waals surface area contributed by atoms with Gasteiger partial charge in [-0.05, 0) is 42.7 Å². The predicted octanol–water partition coefficient (Wildman–Crippen LogP) is 2.12. The molecular weight excluding hydrogens is 396 g/mol. The number of carbonyl (C=O) groups excluding carboxylic acids is 2. The molecule has 2 aromatic rings. The van der Waals surface area contributed by atoms with E-state index in [1.807, 2.05) is 30.3 Å². The molecule has 0 aliphatic carbocycles. The predicted molar refractivity (Wildman–Crippen MR) is 115 cm³/mol. The van der Waals surface area contributed by atoms with E-state index in [0.29, 0.717) is 37.8 Å². The topological polar surface area (TPSA) is 84.0 Å². The third kappa shape index (κ3) is 4.15. The largest absolute Gasteiger partial charge is 0.486 e. The molecule has 31 heavy (non-hydrogen) atoms. The van der Waals surface area contributed by atoms with Crippen molar-refractivity contribution in [2.45, 2.75) is 25.8 Å². The number of amides is 2. The van der Waals surface area contributed by atoms with E-state index >= 15 is 0 Å². The van der Waals surface area contributed by atoms with Gasteiger partial charge in [-0.15, -0.1) is 0 Å². The SMILES string of the molecule is O=C(NCc1ccnc(N2CCCC2)c1)C1CC(=O)N(c2ccc3c(c2)OCCO3)C1. The molecule has 3 aliphatic heterocycles. The van der Waals surface area contributed by atoms with Gasteiger partial charge in [-0.25, -0.2) is 4.98 Å². The molecule has 2 saturated heterocycles. The summed E-state index contributed by atoms with van der Waals surface area (Å²) in [6.07, 6.45) is 4.38. The number of benzene rings is 1. The van der Waals surface area contributed by atoms with E-state index in [1.54, 1.807) is 11.1 Å². The van der Waals surface area contributed by atoms with Gasteiger partial charge in [0.25, 0.3) is 0 Å². The molecule has 5 rings (SSSR count). The number of aromatic nitrogens is 1. The number of nitrogens with one attached hydrogen (secondary N) is 1. The van der Waals surface area contributed by atoms with Gasteiger partial charge in [0.05, 0.1) is 5.92 Å². The van der Waals surface area contributed by atoms with Crippen LogP contribution >= 0.6 is 0 Å². The summed E-state index contributed by atoms with van der Waals surface area (Å²) in [5, 5.41) is 2.99. The zero-order valence-corrected chi connectivity index (χ0v) is 17.4. The normalized spacial score (nSPS) is 20.3. The number of anilines is 2. The number of hydrogen-bond donors (Lipinski definition) is 1. The summed E-state index contributed by atoms with van der Waals surface area (Å²) in [4.78, 5) is 33.7. The zero-order chi connectivity index (χ0) is 21.2. The van der Waals surface area contributed by atoms with Crippen molar-refractivity contribution in [2.75, 3.05) is 42.6 Å². The summed E-state index contributed by atoms with van der Waals surface area (Å²) in [5.74, 6) is 1.74.